The van der Waals surface area contributed by atoms with Crippen LogP contribution in [0.25, 0.3) is 10.9 Å². The van der Waals surface area contributed by atoms with Gasteiger partial charge in [0.1, 0.15) is 17.7 Å². The van der Waals surface area contributed by atoms with Crippen LogP contribution in [0, 0.1) is 11.6 Å². The summed E-state index contributed by atoms with van der Waals surface area (Å²) >= 11 is 6.17. The zero-order chi connectivity index (χ0) is 19.7. The van der Waals surface area contributed by atoms with Crippen molar-refractivity contribution in [2.45, 2.75) is 32.0 Å². The predicted octanol–water partition coefficient (Wildman–Crippen LogP) is 4.81. The van der Waals surface area contributed by atoms with Crippen LogP contribution < -0.4 is 0 Å². The number of carbonyl (C=O) groups excluding carboxylic acids is 1. The molecule has 0 aliphatic carbocycles. The average molecular weight is 405 g/mol. The molecule has 1 amide bonds. The van der Waals surface area contributed by atoms with E-state index in [4.69, 9.17) is 16.3 Å². The van der Waals surface area contributed by atoms with Gasteiger partial charge in [-0.2, -0.15) is 0 Å². The molecule has 0 saturated carbocycles. The number of hydrogen-bond acceptors (Lipinski definition) is 2. The lowest BCUT2D eigenvalue weighted by molar-refractivity contribution is -0.142. The third kappa shape index (κ3) is 3.88. The average Bonchev–Trinajstić information content (AvgIpc) is 3.33. The molecule has 0 spiro atoms. The zero-order valence-corrected chi connectivity index (χ0v) is 15.8. The van der Waals surface area contributed by atoms with Crippen LogP contribution in [0.5, 0.6) is 0 Å². The van der Waals surface area contributed by atoms with E-state index in [1.807, 2.05) is 0 Å². The fraction of sp³-hybridized carbons (Fsp3) is 0.286. The smallest absolute Gasteiger partial charge is 0.252 e. The summed E-state index contributed by atoms with van der Waals surface area (Å²) < 4.78 is 32.6. The number of benzene rings is 2. The molecule has 1 saturated heterocycles. The first-order valence-corrected chi connectivity index (χ1v) is 9.49. The molecule has 0 bridgehead atoms. The number of rotatable bonds is 5. The van der Waals surface area contributed by atoms with E-state index in [1.165, 1.54) is 24.3 Å². The Kier molecular flexibility index (Phi) is 5.33. The number of halogens is 3. The maximum Gasteiger partial charge on any atom is 0.252 e. The first-order valence-electron chi connectivity index (χ1n) is 9.11. The summed E-state index contributed by atoms with van der Waals surface area (Å²) in [6, 6.07) is 8.61. The van der Waals surface area contributed by atoms with E-state index in [0.29, 0.717) is 18.6 Å². The van der Waals surface area contributed by atoms with Crippen LogP contribution in [-0.2, 0) is 22.6 Å². The van der Waals surface area contributed by atoms with Gasteiger partial charge in [0.25, 0.3) is 5.91 Å². The van der Waals surface area contributed by atoms with Gasteiger partial charge in [-0.25, -0.2) is 8.78 Å². The monoisotopic (exact) mass is 404 g/mol. The van der Waals surface area contributed by atoms with Gasteiger partial charge in [-0.15, -0.1) is 0 Å². The maximum absolute atomic E-state index is 13.7. The molecule has 1 atom stereocenters. The number of carbonyl (C=O) groups is 1. The van der Waals surface area contributed by atoms with E-state index in [0.717, 1.165) is 22.9 Å². The molecule has 28 heavy (non-hydrogen) atoms. The van der Waals surface area contributed by atoms with Crippen LogP contribution in [0.2, 0.25) is 5.02 Å². The number of H-pyrrole nitrogens is 1. The molecular formula is C21H19ClF2N2O2. The van der Waals surface area contributed by atoms with Crippen molar-refractivity contribution in [1.82, 2.24) is 9.88 Å². The molecule has 1 aromatic heterocycles. The molecule has 1 aliphatic rings. The minimum atomic E-state index is -0.499. The molecule has 1 unspecified atom stereocenters. The molecule has 0 radical (unpaired) electrons. The van der Waals surface area contributed by atoms with Gasteiger partial charge in [-0.3, -0.25) is 4.79 Å². The van der Waals surface area contributed by atoms with E-state index in [-0.39, 0.29) is 29.8 Å². The second-order valence-corrected chi connectivity index (χ2v) is 7.34. The van der Waals surface area contributed by atoms with Gasteiger partial charge >= 0.3 is 0 Å². The summed E-state index contributed by atoms with van der Waals surface area (Å²) in [5.74, 6) is -0.923. The molecule has 1 N–H and O–H groups in total. The summed E-state index contributed by atoms with van der Waals surface area (Å²) in [5, 5.41) is 0.977. The second kappa shape index (κ2) is 7.89. The van der Waals surface area contributed by atoms with Crippen molar-refractivity contribution in [3.8, 4) is 0 Å². The maximum atomic E-state index is 13.7. The third-order valence-corrected chi connectivity index (χ3v) is 5.34. The Labute approximate surface area is 166 Å². The molecule has 1 fully saturated rings. The highest BCUT2D eigenvalue weighted by Gasteiger charge is 2.29. The Hall–Kier alpha value is -2.44. The molecule has 146 valence electrons. The number of fused-ring (bicyclic) bond motifs is 1. The molecule has 1 aliphatic heterocycles. The molecule has 4 rings (SSSR count). The Bertz CT molecular complexity index is 1010. The van der Waals surface area contributed by atoms with Crippen molar-refractivity contribution in [2.24, 2.45) is 0 Å². The molecular weight excluding hydrogens is 386 g/mol. The normalized spacial score (nSPS) is 16.6. The lowest BCUT2D eigenvalue weighted by Crippen LogP contribution is -2.38. The minimum absolute atomic E-state index is 0.149. The highest BCUT2D eigenvalue weighted by molar-refractivity contribution is 6.31. The predicted molar refractivity (Wildman–Crippen MR) is 103 cm³/mol. The highest BCUT2D eigenvalue weighted by Crippen LogP contribution is 2.26. The highest BCUT2D eigenvalue weighted by atomic mass is 35.5. The van der Waals surface area contributed by atoms with Gasteiger partial charge in [0, 0.05) is 41.8 Å². The summed E-state index contributed by atoms with van der Waals surface area (Å²) in [7, 11) is 0. The van der Waals surface area contributed by atoms with Crippen molar-refractivity contribution in [2.75, 3.05) is 6.61 Å². The minimum Gasteiger partial charge on any atom is -0.368 e. The molecule has 3 aromatic rings. The molecule has 2 heterocycles. The number of aromatic nitrogens is 1. The number of ether oxygens (including phenoxy) is 1. The van der Waals surface area contributed by atoms with Gasteiger partial charge in [-0.05, 0) is 54.3 Å². The van der Waals surface area contributed by atoms with E-state index < -0.39 is 11.9 Å². The summed E-state index contributed by atoms with van der Waals surface area (Å²) in [6.45, 7) is 1.02. The van der Waals surface area contributed by atoms with Gasteiger partial charge in [0.05, 0.1) is 0 Å². The van der Waals surface area contributed by atoms with Crippen molar-refractivity contribution in [3.05, 3.63) is 70.4 Å². The van der Waals surface area contributed by atoms with E-state index in [1.54, 1.807) is 23.2 Å². The summed E-state index contributed by atoms with van der Waals surface area (Å²) in [5.41, 5.74) is 2.22. The quantitative estimate of drug-likeness (QED) is 0.663. The van der Waals surface area contributed by atoms with Crippen LogP contribution >= 0.6 is 11.6 Å². The summed E-state index contributed by atoms with van der Waals surface area (Å²) in [4.78, 5) is 17.8. The lowest BCUT2D eigenvalue weighted by Gasteiger charge is -2.26. The lowest BCUT2D eigenvalue weighted by atomic mass is 10.1. The molecule has 2 aromatic carbocycles. The first-order chi connectivity index (χ1) is 13.5. The van der Waals surface area contributed by atoms with Crippen LogP contribution in [-0.4, -0.2) is 28.5 Å². The van der Waals surface area contributed by atoms with Crippen LogP contribution in [0.3, 0.4) is 0 Å². The van der Waals surface area contributed by atoms with Gasteiger partial charge < -0.3 is 14.6 Å². The molecule has 7 heteroatoms. The zero-order valence-electron chi connectivity index (χ0n) is 15.1. The van der Waals surface area contributed by atoms with Crippen molar-refractivity contribution in [1.29, 1.82) is 0 Å². The Morgan fingerprint density at radius 1 is 1.14 bits per heavy atom. The number of amides is 1. The first kappa shape index (κ1) is 18.9. The van der Waals surface area contributed by atoms with Gasteiger partial charge in [0.15, 0.2) is 0 Å². The number of aromatic amines is 1. The fourth-order valence-corrected chi connectivity index (χ4v) is 3.76. The van der Waals surface area contributed by atoms with E-state index in [2.05, 4.69) is 4.98 Å². The fourth-order valence-electron chi connectivity index (χ4n) is 3.53. The largest absolute Gasteiger partial charge is 0.368 e. The van der Waals surface area contributed by atoms with Crippen LogP contribution in [0.15, 0.2) is 42.6 Å². The number of hydrogen-bond donors (Lipinski definition) is 1. The molecule has 4 nitrogen and oxygen atoms in total. The van der Waals surface area contributed by atoms with Crippen molar-refractivity contribution in [3.63, 3.8) is 0 Å². The summed E-state index contributed by atoms with van der Waals surface area (Å²) in [6.07, 6.45) is 2.77. The van der Waals surface area contributed by atoms with E-state index >= 15 is 0 Å². The Balaban J connectivity index is 1.65. The van der Waals surface area contributed by atoms with Crippen LogP contribution in [0.1, 0.15) is 24.0 Å². The van der Waals surface area contributed by atoms with Crippen LogP contribution in [0.4, 0.5) is 8.78 Å². The topological polar surface area (TPSA) is 45.3 Å². The SMILES string of the molecule is O=C(C1CCCO1)N(Cc1ccc(F)cc1Cl)Cc1c[nH]c2ccc(F)cc12. The Morgan fingerprint density at radius 3 is 2.64 bits per heavy atom. The number of nitrogens with zero attached hydrogens (tertiary/aromatic N) is 1. The van der Waals surface area contributed by atoms with Gasteiger partial charge in [-0.1, -0.05) is 17.7 Å². The van der Waals surface area contributed by atoms with Gasteiger partial charge in [0.2, 0.25) is 0 Å². The number of nitrogens with one attached hydrogen (secondary N) is 1. The van der Waals surface area contributed by atoms with E-state index in [9.17, 15) is 13.6 Å². The second-order valence-electron chi connectivity index (χ2n) is 6.94. The Morgan fingerprint density at radius 2 is 1.89 bits per heavy atom. The third-order valence-electron chi connectivity index (χ3n) is 4.98. The van der Waals surface area contributed by atoms with Crippen molar-refractivity contribution >= 4 is 28.4 Å². The van der Waals surface area contributed by atoms with Crippen molar-refractivity contribution < 1.29 is 18.3 Å². The standard InChI is InChI=1S/C21H19ClF2N2O2/c22-18-9-16(24)4-3-13(18)11-26(21(27)20-2-1-7-28-20)12-14-10-25-19-6-5-15(23)8-17(14)19/h3-6,8-10,20,25H,1-2,7,11-12H2.